The number of hydrogen-bond acceptors (Lipinski definition) is 5. The third kappa shape index (κ3) is 53.0. The Hall–Kier alpha value is -1.62. The van der Waals surface area contributed by atoms with Crippen LogP contribution in [0, 0.1) is 0 Å². The van der Waals surface area contributed by atoms with Crippen molar-refractivity contribution in [1.29, 1.82) is 0 Å². The van der Waals surface area contributed by atoms with E-state index in [0.717, 1.165) is 44.9 Å². The summed E-state index contributed by atoms with van der Waals surface area (Å²) in [5.74, 6) is -0.584. The van der Waals surface area contributed by atoms with Crippen molar-refractivity contribution in [3.63, 3.8) is 0 Å². The minimum absolute atomic E-state index is 0.0647. The summed E-state index contributed by atoms with van der Waals surface area (Å²) in [6.45, 7) is 4.17. The van der Waals surface area contributed by atoms with Gasteiger partial charge in [0.25, 0.3) is 0 Å². The molecular weight excluding hydrogens is 789 g/mol. The van der Waals surface area contributed by atoms with E-state index in [1.54, 1.807) is 0 Å². The molecule has 0 aliphatic rings. The fraction of sp³-hybridized carbons (Fsp3) is 0.898. The van der Waals surface area contributed by atoms with Gasteiger partial charge in [0.05, 0.1) is 6.61 Å². The third-order valence-corrected chi connectivity index (χ3v) is 13.2. The van der Waals surface area contributed by atoms with E-state index in [-0.39, 0.29) is 25.2 Å². The van der Waals surface area contributed by atoms with E-state index < -0.39 is 6.10 Å². The van der Waals surface area contributed by atoms with Crippen LogP contribution in [0.15, 0.2) is 24.3 Å². The van der Waals surface area contributed by atoms with Crippen LogP contribution in [-0.2, 0) is 19.1 Å². The molecule has 0 aromatic rings. The van der Waals surface area contributed by atoms with Crippen molar-refractivity contribution in [2.75, 3.05) is 13.2 Å². The first-order valence-electron chi connectivity index (χ1n) is 28.9. The fourth-order valence-electron chi connectivity index (χ4n) is 8.84. The number of carbonyl (C=O) groups is 2. The number of unbranched alkanes of at least 4 members (excludes halogenated alkanes) is 42. The predicted octanol–water partition coefficient (Wildman–Crippen LogP) is 19.3. The monoisotopic (exact) mass is 901 g/mol. The quantitative estimate of drug-likeness (QED) is 0.0374. The average Bonchev–Trinajstić information content (AvgIpc) is 3.30. The highest BCUT2D eigenvalue weighted by Gasteiger charge is 2.16. The van der Waals surface area contributed by atoms with Crippen LogP contribution < -0.4 is 0 Å². The molecule has 0 bridgehead atoms. The lowest BCUT2D eigenvalue weighted by Crippen LogP contribution is -2.28. The van der Waals surface area contributed by atoms with Crippen LogP contribution in [-0.4, -0.2) is 36.4 Å². The van der Waals surface area contributed by atoms with Gasteiger partial charge < -0.3 is 14.6 Å². The molecular formula is C59H112O5. The molecule has 0 heterocycles. The van der Waals surface area contributed by atoms with E-state index in [1.165, 1.54) is 250 Å². The van der Waals surface area contributed by atoms with Crippen LogP contribution in [0.4, 0.5) is 0 Å². The van der Waals surface area contributed by atoms with Gasteiger partial charge in [-0.05, 0) is 64.2 Å². The van der Waals surface area contributed by atoms with Gasteiger partial charge in [0.15, 0.2) is 6.10 Å². The van der Waals surface area contributed by atoms with Crippen molar-refractivity contribution >= 4 is 11.9 Å². The molecule has 0 rings (SSSR count). The largest absolute Gasteiger partial charge is 0.462 e. The number of aliphatic hydroxyl groups excluding tert-OH is 1. The van der Waals surface area contributed by atoms with Crippen LogP contribution in [0.1, 0.15) is 322 Å². The summed E-state index contributed by atoms with van der Waals surface area (Å²) in [6.07, 6.45) is 70.3. The van der Waals surface area contributed by atoms with Crippen molar-refractivity contribution in [2.45, 2.75) is 328 Å². The van der Waals surface area contributed by atoms with Gasteiger partial charge in [-0.3, -0.25) is 9.59 Å². The normalized spacial score (nSPS) is 12.2. The first kappa shape index (κ1) is 62.4. The molecule has 1 N–H and O–H groups in total. The second kappa shape index (κ2) is 55.7. The van der Waals surface area contributed by atoms with Crippen LogP contribution in [0.3, 0.4) is 0 Å². The van der Waals surface area contributed by atoms with Crippen LogP contribution >= 0.6 is 0 Å². The van der Waals surface area contributed by atoms with Crippen molar-refractivity contribution in [1.82, 2.24) is 0 Å². The number of ether oxygens (including phenoxy) is 2. The number of carbonyl (C=O) groups excluding carboxylic acids is 2. The Kier molecular flexibility index (Phi) is 54.3. The maximum absolute atomic E-state index is 12.3. The first-order chi connectivity index (χ1) is 31.6. The Morgan fingerprint density at radius 2 is 0.578 bits per heavy atom. The second-order valence-corrected chi connectivity index (χ2v) is 19.7. The molecule has 0 aromatic carbocycles. The summed E-state index contributed by atoms with van der Waals surface area (Å²) >= 11 is 0. The number of allylic oxidation sites excluding steroid dienone is 4. The highest BCUT2D eigenvalue weighted by molar-refractivity contribution is 5.70. The van der Waals surface area contributed by atoms with Gasteiger partial charge in [-0.15, -0.1) is 0 Å². The minimum atomic E-state index is -0.771. The molecule has 0 aliphatic heterocycles. The number of rotatable bonds is 54. The molecule has 0 fully saturated rings. The van der Waals surface area contributed by atoms with Crippen molar-refractivity contribution < 1.29 is 24.2 Å². The van der Waals surface area contributed by atoms with E-state index >= 15 is 0 Å². The van der Waals surface area contributed by atoms with Gasteiger partial charge in [0, 0.05) is 12.8 Å². The minimum Gasteiger partial charge on any atom is -0.462 e. The van der Waals surface area contributed by atoms with Gasteiger partial charge in [-0.2, -0.15) is 0 Å². The molecule has 0 aliphatic carbocycles. The van der Waals surface area contributed by atoms with Gasteiger partial charge in [0.2, 0.25) is 0 Å². The molecule has 0 spiro atoms. The molecule has 0 radical (unpaired) electrons. The molecule has 0 aromatic heterocycles. The van der Waals surface area contributed by atoms with E-state index in [2.05, 4.69) is 38.2 Å². The van der Waals surface area contributed by atoms with Gasteiger partial charge in [-0.1, -0.05) is 269 Å². The maximum atomic E-state index is 12.3. The highest BCUT2D eigenvalue weighted by Crippen LogP contribution is 2.17. The topological polar surface area (TPSA) is 72.8 Å². The molecule has 64 heavy (non-hydrogen) atoms. The average molecular weight is 902 g/mol. The Labute approximate surface area is 400 Å². The van der Waals surface area contributed by atoms with Gasteiger partial charge in [0.1, 0.15) is 6.61 Å². The molecule has 0 amide bonds. The first-order valence-corrected chi connectivity index (χ1v) is 28.9. The van der Waals surface area contributed by atoms with Crippen LogP contribution in [0.25, 0.3) is 0 Å². The van der Waals surface area contributed by atoms with E-state index in [1.807, 2.05) is 0 Å². The zero-order chi connectivity index (χ0) is 46.3. The molecule has 0 saturated heterocycles. The zero-order valence-electron chi connectivity index (χ0n) is 43.3. The number of hydrogen-bond donors (Lipinski definition) is 1. The lowest BCUT2D eigenvalue weighted by atomic mass is 10.0. The van der Waals surface area contributed by atoms with Crippen molar-refractivity contribution in [3.8, 4) is 0 Å². The Morgan fingerprint density at radius 1 is 0.344 bits per heavy atom. The molecule has 378 valence electrons. The Balaban J connectivity index is 3.38. The molecule has 1 unspecified atom stereocenters. The number of aliphatic hydroxyl groups is 1. The van der Waals surface area contributed by atoms with E-state index in [0.29, 0.717) is 12.8 Å². The molecule has 5 nitrogen and oxygen atoms in total. The van der Waals surface area contributed by atoms with E-state index in [4.69, 9.17) is 9.47 Å². The maximum Gasteiger partial charge on any atom is 0.306 e. The predicted molar refractivity (Wildman–Crippen MR) is 279 cm³/mol. The summed E-state index contributed by atoms with van der Waals surface area (Å²) in [6, 6.07) is 0. The van der Waals surface area contributed by atoms with Crippen molar-refractivity contribution in [2.24, 2.45) is 0 Å². The summed E-state index contributed by atoms with van der Waals surface area (Å²) in [7, 11) is 0. The summed E-state index contributed by atoms with van der Waals surface area (Å²) in [5, 5.41) is 9.63. The SMILES string of the molecule is CCCCCCCC/C=C\CCCCCCCC(=O)OCC(CO)OC(=O)CCCCCCCCCCCCCCCCCCCCCCCCC/C=C\CCCCCCCCCC. The van der Waals surface area contributed by atoms with Gasteiger partial charge in [-0.25, -0.2) is 0 Å². The fourth-order valence-corrected chi connectivity index (χ4v) is 8.84. The van der Waals surface area contributed by atoms with E-state index in [9.17, 15) is 14.7 Å². The molecule has 5 heteroatoms. The number of esters is 2. The molecule has 0 saturated carbocycles. The molecule has 1 atom stereocenters. The van der Waals surface area contributed by atoms with Gasteiger partial charge >= 0.3 is 11.9 Å². The highest BCUT2D eigenvalue weighted by atomic mass is 16.6. The lowest BCUT2D eigenvalue weighted by molar-refractivity contribution is -0.161. The second-order valence-electron chi connectivity index (χ2n) is 19.7. The summed E-state index contributed by atoms with van der Waals surface area (Å²) < 4.78 is 10.7. The zero-order valence-corrected chi connectivity index (χ0v) is 43.3. The lowest BCUT2D eigenvalue weighted by Gasteiger charge is -2.15. The summed E-state index contributed by atoms with van der Waals surface area (Å²) in [4.78, 5) is 24.4. The Bertz CT molecular complexity index is 974. The van der Waals surface area contributed by atoms with Crippen LogP contribution in [0.2, 0.25) is 0 Å². The van der Waals surface area contributed by atoms with Crippen LogP contribution in [0.5, 0.6) is 0 Å². The standard InChI is InChI=1S/C59H112O5/c1-3-5-7-9-11-13-15-17-19-20-21-22-23-24-25-26-27-28-29-30-31-32-33-34-35-36-37-38-40-42-44-46-48-50-52-54-59(62)64-57(55-60)56-63-58(61)53-51-49-47-45-43-41-39-18-16-14-12-10-8-6-4-2/h18,20-21,39,57,60H,3-17,19,22-38,40-56H2,1-2H3/b21-20-,39-18-. The Morgan fingerprint density at radius 3 is 0.844 bits per heavy atom. The smallest absolute Gasteiger partial charge is 0.306 e. The summed E-state index contributed by atoms with van der Waals surface area (Å²) in [5.41, 5.74) is 0. The van der Waals surface area contributed by atoms with Crippen molar-refractivity contribution in [3.05, 3.63) is 24.3 Å². The third-order valence-electron chi connectivity index (χ3n) is 13.2.